The predicted molar refractivity (Wildman–Crippen MR) is 67.2 cm³/mol. The zero-order valence-electron chi connectivity index (χ0n) is 9.68. The third-order valence-electron chi connectivity index (χ3n) is 3.02. The fourth-order valence-electron chi connectivity index (χ4n) is 2.01. The SMILES string of the molecule is CC(=O)c1cnc(CC2CCCCS2(=O)=O)s1. The number of Topliss-reactive ketones (excluding diaryl/α,β-unsaturated/α-hetero) is 1. The van der Waals surface area contributed by atoms with Crippen molar-refractivity contribution in [3.63, 3.8) is 0 Å². The van der Waals surface area contributed by atoms with E-state index >= 15 is 0 Å². The number of nitrogens with zero attached hydrogens (tertiary/aromatic N) is 1. The molecule has 0 radical (unpaired) electrons. The molecule has 0 N–H and O–H groups in total. The topological polar surface area (TPSA) is 64.1 Å². The highest BCUT2D eigenvalue weighted by molar-refractivity contribution is 7.92. The second-order valence-corrected chi connectivity index (χ2v) is 7.88. The van der Waals surface area contributed by atoms with Crippen molar-refractivity contribution in [2.45, 2.75) is 37.9 Å². The molecule has 6 heteroatoms. The van der Waals surface area contributed by atoms with E-state index < -0.39 is 9.84 Å². The van der Waals surface area contributed by atoms with Crippen molar-refractivity contribution in [1.29, 1.82) is 0 Å². The molecule has 1 saturated heterocycles. The molecule has 17 heavy (non-hydrogen) atoms. The molecule has 1 unspecified atom stereocenters. The van der Waals surface area contributed by atoms with Gasteiger partial charge in [-0.3, -0.25) is 4.79 Å². The first kappa shape index (κ1) is 12.7. The van der Waals surface area contributed by atoms with Gasteiger partial charge in [0.05, 0.1) is 20.9 Å². The number of aromatic nitrogens is 1. The highest BCUT2D eigenvalue weighted by Gasteiger charge is 2.29. The zero-order valence-corrected chi connectivity index (χ0v) is 11.3. The maximum absolute atomic E-state index is 11.8. The van der Waals surface area contributed by atoms with Crippen molar-refractivity contribution in [2.24, 2.45) is 0 Å². The van der Waals surface area contributed by atoms with E-state index in [2.05, 4.69) is 4.98 Å². The van der Waals surface area contributed by atoms with Gasteiger partial charge in [0.25, 0.3) is 0 Å². The van der Waals surface area contributed by atoms with E-state index in [-0.39, 0.29) is 11.0 Å². The first-order chi connectivity index (χ1) is 7.99. The van der Waals surface area contributed by atoms with Gasteiger partial charge in [0.15, 0.2) is 15.6 Å². The summed E-state index contributed by atoms with van der Waals surface area (Å²) in [6.45, 7) is 1.49. The Hall–Kier alpha value is -0.750. The number of hydrogen-bond acceptors (Lipinski definition) is 5. The molecule has 0 aromatic carbocycles. The number of carbonyl (C=O) groups excluding carboxylic acids is 1. The Labute approximate surface area is 105 Å². The van der Waals surface area contributed by atoms with Crippen LogP contribution in [0.15, 0.2) is 6.20 Å². The normalized spacial score (nSPS) is 23.5. The van der Waals surface area contributed by atoms with Gasteiger partial charge in [0.2, 0.25) is 0 Å². The monoisotopic (exact) mass is 273 g/mol. The summed E-state index contributed by atoms with van der Waals surface area (Å²) in [7, 11) is -2.95. The molecule has 1 atom stereocenters. The lowest BCUT2D eigenvalue weighted by atomic mass is 10.1. The van der Waals surface area contributed by atoms with Crippen molar-refractivity contribution >= 4 is 27.0 Å². The van der Waals surface area contributed by atoms with Gasteiger partial charge < -0.3 is 0 Å². The number of hydrogen-bond donors (Lipinski definition) is 0. The summed E-state index contributed by atoms with van der Waals surface area (Å²) in [6.07, 6.45) is 4.46. The van der Waals surface area contributed by atoms with Crippen LogP contribution in [0.4, 0.5) is 0 Å². The average Bonchev–Trinajstić information content (AvgIpc) is 2.70. The summed E-state index contributed by atoms with van der Waals surface area (Å²) in [5, 5.41) is 0.452. The lowest BCUT2D eigenvalue weighted by Gasteiger charge is -2.20. The Bertz CT molecular complexity index is 519. The fourth-order valence-corrected chi connectivity index (χ4v) is 4.89. The third-order valence-corrected chi connectivity index (χ3v) is 6.41. The van der Waals surface area contributed by atoms with E-state index in [4.69, 9.17) is 0 Å². The predicted octanol–water partition coefficient (Wildman–Crippen LogP) is 1.86. The van der Waals surface area contributed by atoms with E-state index in [9.17, 15) is 13.2 Å². The highest BCUT2D eigenvalue weighted by Crippen LogP contribution is 2.25. The molecule has 0 saturated carbocycles. The molecule has 94 valence electrons. The molecule has 1 aromatic heterocycles. The standard InChI is InChI=1S/C11H15NO3S2/c1-8(13)10-7-12-11(16-10)6-9-4-2-3-5-17(9,14)15/h7,9H,2-6H2,1H3. The molecule has 1 aliphatic rings. The quantitative estimate of drug-likeness (QED) is 0.788. The summed E-state index contributed by atoms with van der Waals surface area (Å²) in [6, 6.07) is 0. The van der Waals surface area contributed by atoms with Crippen molar-refractivity contribution in [3.05, 3.63) is 16.1 Å². The first-order valence-electron chi connectivity index (χ1n) is 5.66. The molecular weight excluding hydrogens is 258 g/mol. The number of thiazole rings is 1. The van der Waals surface area contributed by atoms with Crippen LogP contribution in [0.3, 0.4) is 0 Å². The van der Waals surface area contributed by atoms with Gasteiger partial charge in [-0.25, -0.2) is 13.4 Å². The molecule has 2 rings (SSSR count). The van der Waals surface area contributed by atoms with Crippen molar-refractivity contribution in [1.82, 2.24) is 4.98 Å². The van der Waals surface area contributed by atoms with Crippen LogP contribution in [0.2, 0.25) is 0 Å². The Balaban J connectivity index is 2.11. The minimum atomic E-state index is -2.95. The first-order valence-corrected chi connectivity index (χ1v) is 8.19. The molecule has 1 aliphatic heterocycles. The summed E-state index contributed by atoms with van der Waals surface area (Å²) in [4.78, 5) is 15.9. The maximum atomic E-state index is 11.8. The molecular formula is C11H15NO3S2. The lowest BCUT2D eigenvalue weighted by molar-refractivity contribution is 0.102. The van der Waals surface area contributed by atoms with Crippen molar-refractivity contribution in [2.75, 3.05) is 5.75 Å². The van der Waals surface area contributed by atoms with Gasteiger partial charge in [-0.15, -0.1) is 11.3 Å². The van der Waals surface area contributed by atoms with E-state index in [0.29, 0.717) is 17.1 Å². The minimum Gasteiger partial charge on any atom is -0.294 e. The number of rotatable bonds is 3. The molecule has 0 spiro atoms. The van der Waals surface area contributed by atoms with Crippen LogP contribution in [0.25, 0.3) is 0 Å². The van der Waals surface area contributed by atoms with Gasteiger partial charge in [-0.2, -0.15) is 0 Å². The summed E-state index contributed by atoms with van der Waals surface area (Å²) in [5.41, 5.74) is 0. The highest BCUT2D eigenvalue weighted by atomic mass is 32.2. The Morgan fingerprint density at radius 1 is 1.53 bits per heavy atom. The second-order valence-electron chi connectivity index (χ2n) is 4.36. The molecule has 1 aromatic rings. The Morgan fingerprint density at radius 2 is 2.29 bits per heavy atom. The molecule has 0 bridgehead atoms. The van der Waals surface area contributed by atoms with E-state index in [1.807, 2.05) is 0 Å². The van der Waals surface area contributed by atoms with Crippen LogP contribution in [0.5, 0.6) is 0 Å². The molecule has 1 fully saturated rings. The molecule has 4 nitrogen and oxygen atoms in total. The van der Waals surface area contributed by atoms with Gasteiger partial charge in [0.1, 0.15) is 0 Å². The average molecular weight is 273 g/mol. The van der Waals surface area contributed by atoms with E-state index in [1.165, 1.54) is 24.5 Å². The van der Waals surface area contributed by atoms with E-state index in [1.54, 1.807) is 0 Å². The van der Waals surface area contributed by atoms with Gasteiger partial charge in [-0.05, 0) is 12.8 Å². The Morgan fingerprint density at radius 3 is 2.88 bits per heavy atom. The number of sulfone groups is 1. The van der Waals surface area contributed by atoms with Crippen LogP contribution >= 0.6 is 11.3 Å². The summed E-state index contributed by atoms with van der Waals surface area (Å²) in [5.74, 6) is 0.281. The van der Waals surface area contributed by atoms with Crippen LogP contribution in [-0.2, 0) is 16.3 Å². The van der Waals surface area contributed by atoms with Crippen LogP contribution in [0, 0.1) is 0 Å². The van der Waals surface area contributed by atoms with Crippen molar-refractivity contribution in [3.8, 4) is 0 Å². The zero-order chi connectivity index (χ0) is 12.5. The third kappa shape index (κ3) is 2.93. The van der Waals surface area contributed by atoms with Gasteiger partial charge >= 0.3 is 0 Å². The Kier molecular flexibility index (Phi) is 3.63. The van der Waals surface area contributed by atoms with Crippen LogP contribution in [0.1, 0.15) is 40.9 Å². The molecule has 0 amide bonds. The summed E-state index contributed by atoms with van der Waals surface area (Å²) >= 11 is 1.31. The summed E-state index contributed by atoms with van der Waals surface area (Å²) < 4.78 is 23.7. The van der Waals surface area contributed by atoms with Gasteiger partial charge in [0, 0.05) is 19.5 Å². The fraction of sp³-hybridized carbons (Fsp3) is 0.636. The smallest absolute Gasteiger partial charge is 0.171 e. The van der Waals surface area contributed by atoms with E-state index in [0.717, 1.165) is 24.3 Å². The number of ketones is 1. The molecule has 0 aliphatic carbocycles. The largest absolute Gasteiger partial charge is 0.294 e. The lowest BCUT2D eigenvalue weighted by Crippen LogP contribution is -2.30. The second kappa shape index (κ2) is 4.86. The minimum absolute atomic E-state index is 0.0137. The van der Waals surface area contributed by atoms with Crippen LogP contribution in [-0.4, -0.2) is 30.2 Å². The van der Waals surface area contributed by atoms with Crippen LogP contribution < -0.4 is 0 Å². The van der Waals surface area contributed by atoms with Crippen molar-refractivity contribution < 1.29 is 13.2 Å². The maximum Gasteiger partial charge on any atom is 0.171 e. The van der Waals surface area contributed by atoms with Gasteiger partial charge in [-0.1, -0.05) is 6.42 Å². The molecule has 2 heterocycles. The number of carbonyl (C=O) groups is 1.